The Labute approximate surface area is 144 Å². The van der Waals surface area contributed by atoms with Crippen LogP contribution in [0, 0.1) is 0 Å². The average molecular weight is 348 g/mol. The fourth-order valence-corrected chi connectivity index (χ4v) is 4.16. The van der Waals surface area contributed by atoms with E-state index in [0.29, 0.717) is 12.2 Å². The molecule has 24 heavy (non-hydrogen) atoms. The Morgan fingerprint density at radius 2 is 1.54 bits per heavy atom. The van der Waals surface area contributed by atoms with Gasteiger partial charge in [-0.15, -0.1) is 0 Å². The van der Waals surface area contributed by atoms with Crippen molar-refractivity contribution in [3.8, 4) is 0 Å². The summed E-state index contributed by atoms with van der Waals surface area (Å²) >= 11 is 0. The van der Waals surface area contributed by atoms with Crippen LogP contribution in [0.25, 0.3) is 0 Å². The normalized spacial score (nSPS) is 15.6. The summed E-state index contributed by atoms with van der Waals surface area (Å²) in [6, 6.07) is 18.4. The first-order valence-electron chi connectivity index (χ1n) is 8.06. The maximum absolute atomic E-state index is 12.5. The number of rotatable bonds is 8. The molecule has 0 aliphatic rings. The molecule has 0 aliphatic heterocycles. The van der Waals surface area contributed by atoms with E-state index in [1.807, 2.05) is 36.4 Å². The fraction of sp³-hybridized carbons (Fsp3) is 0.368. The van der Waals surface area contributed by atoms with Crippen molar-refractivity contribution in [1.29, 1.82) is 0 Å². The molecule has 1 N–H and O–H groups in total. The van der Waals surface area contributed by atoms with E-state index < -0.39 is 27.3 Å². The lowest BCUT2D eigenvalue weighted by molar-refractivity contribution is -0.0366. The van der Waals surface area contributed by atoms with Crippen LogP contribution in [0.5, 0.6) is 0 Å². The molecule has 0 bridgehead atoms. The Morgan fingerprint density at radius 1 is 1.00 bits per heavy atom. The zero-order chi connectivity index (χ0) is 17.6. The predicted octanol–water partition coefficient (Wildman–Crippen LogP) is 3.13. The Bertz CT molecular complexity index is 714. The number of benzene rings is 2. The number of ether oxygens (including phenoxy) is 1. The van der Waals surface area contributed by atoms with Crippen molar-refractivity contribution in [3.63, 3.8) is 0 Å². The monoisotopic (exact) mass is 348 g/mol. The van der Waals surface area contributed by atoms with Gasteiger partial charge in [-0.1, -0.05) is 67.6 Å². The minimum atomic E-state index is -3.47. The molecule has 3 atom stereocenters. The van der Waals surface area contributed by atoms with Crippen LogP contribution in [0.2, 0.25) is 0 Å². The molecule has 0 heterocycles. The smallest absolute Gasteiger partial charge is 0.159 e. The molecule has 0 radical (unpaired) electrons. The summed E-state index contributed by atoms with van der Waals surface area (Å²) in [5, 5.41) is 9.68. The zero-order valence-electron chi connectivity index (χ0n) is 14.0. The largest absolute Gasteiger partial charge is 0.389 e. The first-order chi connectivity index (χ1) is 11.5. The molecule has 0 aromatic heterocycles. The molecule has 0 fully saturated rings. The lowest BCUT2D eigenvalue weighted by Gasteiger charge is -2.27. The van der Waals surface area contributed by atoms with E-state index in [0.717, 1.165) is 5.56 Å². The van der Waals surface area contributed by atoms with Crippen LogP contribution in [0.3, 0.4) is 0 Å². The van der Waals surface area contributed by atoms with Crippen LogP contribution >= 0.6 is 0 Å². The molecule has 2 aromatic carbocycles. The van der Waals surface area contributed by atoms with E-state index in [1.165, 1.54) is 0 Å². The molecule has 0 aliphatic carbocycles. The number of sulfone groups is 1. The van der Waals surface area contributed by atoms with Gasteiger partial charge in [-0.3, -0.25) is 0 Å². The molecular formula is C19H24O4S. The molecular weight excluding hydrogens is 324 g/mol. The van der Waals surface area contributed by atoms with Gasteiger partial charge < -0.3 is 9.84 Å². The van der Waals surface area contributed by atoms with Gasteiger partial charge in [-0.25, -0.2) is 8.42 Å². The Balaban J connectivity index is 2.16. The average Bonchev–Trinajstić information content (AvgIpc) is 2.61. The van der Waals surface area contributed by atoms with Gasteiger partial charge in [0.15, 0.2) is 9.84 Å². The summed E-state index contributed by atoms with van der Waals surface area (Å²) in [4.78, 5) is 0. The van der Waals surface area contributed by atoms with Crippen molar-refractivity contribution in [1.82, 2.24) is 0 Å². The van der Waals surface area contributed by atoms with Gasteiger partial charge in [0, 0.05) is 5.75 Å². The van der Waals surface area contributed by atoms with Crippen molar-refractivity contribution in [2.75, 3.05) is 5.75 Å². The third-order valence-corrected chi connectivity index (χ3v) is 6.19. The summed E-state index contributed by atoms with van der Waals surface area (Å²) in [6.45, 7) is 3.62. The SMILES string of the molecule is CCS(=O)(=O)[C@H](c1ccccc1)[C@H](O)[C@H](C)OCc1ccccc1. The van der Waals surface area contributed by atoms with Gasteiger partial charge in [-0.2, -0.15) is 0 Å². The standard InChI is InChI=1S/C19H24O4S/c1-3-24(21,22)19(17-12-8-5-9-13-17)18(20)15(2)23-14-16-10-6-4-7-11-16/h4-13,15,18-20H,3,14H2,1-2H3/t15-,18+,19+/m0/s1. The highest BCUT2D eigenvalue weighted by atomic mass is 32.2. The van der Waals surface area contributed by atoms with E-state index >= 15 is 0 Å². The van der Waals surface area contributed by atoms with E-state index in [4.69, 9.17) is 4.74 Å². The molecule has 0 saturated heterocycles. The second kappa shape index (κ2) is 8.42. The summed E-state index contributed by atoms with van der Waals surface area (Å²) in [5.41, 5.74) is 1.56. The van der Waals surface area contributed by atoms with Crippen molar-refractivity contribution < 1.29 is 18.3 Å². The third-order valence-electron chi connectivity index (χ3n) is 4.06. The van der Waals surface area contributed by atoms with Gasteiger partial charge in [0.2, 0.25) is 0 Å². The van der Waals surface area contributed by atoms with E-state index in [1.54, 1.807) is 38.1 Å². The fourth-order valence-electron chi connectivity index (χ4n) is 2.59. The summed E-state index contributed by atoms with van der Waals surface area (Å²) in [5.74, 6) is -0.0327. The number of aliphatic hydroxyl groups is 1. The van der Waals surface area contributed by atoms with Crippen LogP contribution in [-0.4, -0.2) is 31.5 Å². The molecule has 2 aromatic rings. The summed E-state index contributed by atoms with van der Waals surface area (Å²) in [7, 11) is -3.47. The van der Waals surface area contributed by atoms with Gasteiger partial charge in [0.25, 0.3) is 0 Å². The highest BCUT2D eigenvalue weighted by Gasteiger charge is 2.36. The number of aliphatic hydroxyl groups excluding tert-OH is 1. The van der Waals surface area contributed by atoms with Crippen LogP contribution in [0.1, 0.15) is 30.2 Å². The van der Waals surface area contributed by atoms with Crippen LogP contribution in [-0.2, 0) is 21.2 Å². The Kier molecular flexibility index (Phi) is 6.54. The van der Waals surface area contributed by atoms with Crippen molar-refractivity contribution in [2.24, 2.45) is 0 Å². The molecule has 130 valence electrons. The van der Waals surface area contributed by atoms with Crippen molar-refractivity contribution in [3.05, 3.63) is 71.8 Å². The first-order valence-corrected chi connectivity index (χ1v) is 9.77. The van der Waals surface area contributed by atoms with Gasteiger partial charge in [0.05, 0.1) is 12.7 Å². The highest BCUT2D eigenvalue weighted by molar-refractivity contribution is 7.91. The van der Waals surface area contributed by atoms with Gasteiger partial charge in [0.1, 0.15) is 11.4 Å². The molecule has 4 nitrogen and oxygen atoms in total. The molecule has 0 amide bonds. The van der Waals surface area contributed by atoms with Crippen LogP contribution in [0.15, 0.2) is 60.7 Å². The lowest BCUT2D eigenvalue weighted by Crippen LogP contribution is -2.37. The Hall–Kier alpha value is -1.69. The third kappa shape index (κ3) is 4.66. The zero-order valence-corrected chi connectivity index (χ0v) is 14.8. The quantitative estimate of drug-likeness (QED) is 0.796. The minimum absolute atomic E-state index is 0.0327. The first kappa shape index (κ1) is 18.6. The summed E-state index contributed by atoms with van der Waals surface area (Å²) < 4.78 is 30.7. The Morgan fingerprint density at radius 3 is 2.08 bits per heavy atom. The van der Waals surface area contributed by atoms with Crippen molar-refractivity contribution in [2.45, 2.75) is 37.9 Å². The van der Waals surface area contributed by atoms with Gasteiger partial charge in [-0.05, 0) is 18.1 Å². The van der Waals surface area contributed by atoms with E-state index in [2.05, 4.69) is 0 Å². The van der Waals surface area contributed by atoms with Gasteiger partial charge >= 0.3 is 0 Å². The predicted molar refractivity (Wildman–Crippen MR) is 95.3 cm³/mol. The molecule has 0 unspecified atom stereocenters. The number of hydrogen-bond acceptors (Lipinski definition) is 4. The molecule has 2 rings (SSSR count). The second-order valence-corrected chi connectivity index (χ2v) is 8.19. The second-order valence-electron chi connectivity index (χ2n) is 5.78. The topological polar surface area (TPSA) is 63.6 Å². The highest BCUT2D eigenvalue weighted by Crippen LogP contribution is 2.29. The summed E-state index contributed by atoms with van der Waals surface area (Å²) in [6.07, 6.45) is -1.75. The van der Waals surface area contributed by atoms with E-state index in [9.17, 15) is 13.5 Å². The molecule has 5 heteroatoms. The number of hydrogen-bond donors (Lipinski definition) is 1. The molecule has 0 spiro atoms. The minimum Gasteiger partial charge on any atom is -0.389 e. The molecule has 0 saturated carbocycles. The maximum atomic E-state index is 12.5. The van der Waals surface area contributed by atoms with Crippen LogP contribution < -0.4 is 0 Å². The van der Waals surface area contributed by atoms with Crippen molar-refractivity contribution >= 4 is 9.84 Å². The maximum Gasteiger partial charge on any atom is 0.159 e. The van der Waals surface area contributed by atoms with Crippen LogP contribution in [0.4, 0.5) is 0 Å². The van der Waals surface area contributed by atoms with E-state index in [-0.39, 0.29) is 5.75 Å². The lowest BCUT2D eigenvalue weighted by atomic mass is 10.0.